The predicted molar refractivity (Wildman–Crippen MR) is 43.8 cm³/mol. The Labute approximate surface area is 70.1 Å². The maximum absolute atomic E-state index is 5.27. The summed E-state index contributed by atoms with van der Waals surface area (Å²) in [7, 11) is 0. The molecule has 0 fully saturated rings. The highest BCUT2D eigenvalue weighted by atomic mass is 32.1. The SMILES string of the molecule is CCO[C@@H](C)Oc1ccsn1. The smallest absolute Gasteiger partial charge is 0.227 e. The van der Waals surface area contributed by atoms with Gasteiger partial charge in [-0.3, -0.25) is 0 Å². The quantitative estimate of drug-likeness (QED) is 0.652. The average Bonchev–Trinajstić information content (AvgIpc) is 2.40. The molecule has 0 aromatic carbocycles. The molecule has 4 heteroatoms. The molecule has 0 amide bonds. The van der Waals surface area contributed by atoms with Crippen LogP contribution in [0.15, 0.2) is 11.4 Å². The van der Waals surface area contributed by atoms with Crippen molar-refractivity contribution in [2.75, 3.05) is 6.61 Å². The Morgan fingerprint density at radius 1 is 1.73 bits per heavy atom. The number of hydrogen-bond acceptors (Lipinski definition) is 4. The minimum atomic E-state index is -0.206. The number of ether oxygens (including phenoxy) is 2. The lowest BCUT2D eigenvalue weighted by atomic mass is 10.7. The highest BCUT2D eigenvalue weighted by molar-refractivity contribution is 7.03. The van der Waals surface area contributed by atoms with Gasteiger partial charge in [-0.1, -0.05) is 0 Å². The topological polar surface area (TPSA) is 31.4 Å². The van der Waals surface area contributed by atoms with Gasteiger partial charge in [0.2, 0.25) is 5.88 Å². The average molecular weight is 173 g/mol. The first-order valence-electron chi connectivity index (χ1n) is 3.51. The summed E-state index contributed by atoms with van der Waals surface area (Å²) in [6, 6.07) is 1.82. The Morgan fingerprint density at radius 2 is 2.55 bits per heavy atom. The Bertz CT molecular complexity index is 188. The zero-order valence-corrected chi connectivity index (χ0v) is 7.43. The first-order valence-corrected chi connectivity index (χ1v) is 4.35. The van der Waals surface area contributed by atoms with Crippen molar-refractivity contribution in [1.29, 1.82) is 0 Å². The van der Waals surface area contributed by atoms with Crippen molar-refractivity contribution in [1.82, 2.24) is 4.37 Å². The van der Waals surface area contributed by atoms with Gasteiger partial charge in [0, 0.05) is 18.1 Å². The van der Waals surface area contributed by atoms with Crippen LogP contribution in [-0.4, -0.2) is 17.3 Å². The van der Waals surface area contributed by atoms with Crippen molar-refractivity contribution in [3.8, 4) is 5.88 Å². The highest BCUT2D eigenvalue weighted by Crippen LogP contribution is 2.10. The number of hydrogen-bond donors (Lipinski definition) is 0. The molecular formula is C7H11NO2S. The first-order chi connectivity index (χ1) is 5.33. The summed E-state index contributed by atoms with van der Waals surface area (Å²) >= 11 is 1.37. The monoisotopic (exact) mass is 173 g/mol. The summed E-state index contributed by atoms with van der Waals surface area (Å²) in [6.07, 6.45) is -0.206. The van der Waals surface area contributed by atoms with E-state index < -0.39 is 0 Å². The third-order valence-corrected chi connectivity index (χ3v) is 1.65. The molecule has 0 aliphatic rings. The van der Waals surface area contributed by atoms with E-state index in [0.717, 1.165) is 0 Å². The van der Waals surface area contributed by atoms with Crippen LogP contribution in [0.5, 0.6) is 5.88 Å². The second-order valence-corrected chi connectivity index (χ2v) is 2.64. The van der Waals surface area contributed by atoms with E-state index in [2.05, 4.69) is 4.37 Å². The van der Waals surface area contributed by atoms with Crippen molar-refractivity contribution in [2.24, 2.45) is 0 Å². The predicted octanol–water partition coefficient (Wildman–Crippen LogP) is 1.90. The molecule has 0 saturated heterocycles. The normalized spacial score (nSPS) is 12.9. The minimum absolute atomic E-state index is 0.206. The lowest BCUT2D eigenvalue weighted by Gasteiger charge is -2.10. The van der Waals surface area contributed by atoms with Crippen LogP contribution in [0.4, 0.5) is 0 Å². The van der Waals surface area contributed by atoms with Gasteiger partial charge in [0.25, 0.3) is 0 Å². The van der Waals surface area contributed by atoms with E-state index in [1.165, 1.54) is 11.5 Å². The highest BCUT2D eigenvalue weighted by Gasteiger charge is 2.02. The van der Waals surface area contributed by atoms with Gasteiger partial charge in [-0.25, -0.2) is 0 Å². The van der Waals surface area contributed by atoms with Gasteiger partial charge in [-0.15, -0.1) is 0 Å². The van der Waals surface area contributed by atoms with Gasteiger partial charge in [-0.2, -0.15) is 4.37 Å². The van der Waals surface area contributed by atoms with Crippen molar-refractivity contribution in [3.05, 3.63) is 11.4 Å². The third kappa shape index (κ3) is 2.86. The molecule has 0 unspecified atom stereocenters. The molecule has 1 rings (SSSR count). The Hall–Kier alpha value is -0.610. The van der Waals surface area contributed by atoms with Crippen molar-refractivity contribution in [3.63, 3.8) is 0 Å². The fourth-order valence-corrected chi connectivity index (χ4v) is 1.15. The number of nitrogens with zero attached hydrogens (tertiary/aromatic N) is 1. The lowest BCUT2D eigenvalue weighted by Crippen LogP contribution is -2.15. The van der Waals surface area contributed by atoms with Crippen LogP contribution >= 0.6 is 11.5 Å². The van der Waals surface area contributed by atoms with E-state index in [1.54, 1.807) is 0 Å². The zero-order chi connectivity index (χ0) is 8.10. The Kier molecular flexibility index (Phi) is 3.32. The Morgan fingerprint density at radius 3 is 3.09 bits per heavy atom. The minimum Gasteiger partial charge on any atom is -0.447 e. The molecule has 0 radical (unpaired) electrons. The second-order valence-electron chi connectivity index (χ2n) is 1.98. The molecule has 0 spiro atoms. The maximum atomic E-state index is 5.27. The lowest BCUT2D eigenvalue weighted by molar-refractivity contribution is -0.0631. The summed E-state index contributed by atoms with van der Waals surface area (Å²) in [5, 5.41) is 1.87. The molecule has 11 heavy (non-hydrogen) atoms. The van der Waals surface area contributed by atoms with Crippen molar-refractivity contribution >= 4 is 11.5 Å². The molecule has 1 atom stereocenters. The third-order valence-electron chi connectivity index (χ3n) is 1.10. The van der Waals surface area contributed by atoms with Crippen molar-refractivity contribution in [2.45, 2.75) is 20.1 Å². The van der Waals surface area contributed by atoms with E-state index in [0.29, 0.717) is 12.5 Å². The van der Waals surface area contributed by atoms with E-state index in [9.17, 15) is 0 Å². The van der Waals surface area contributed by atoms with Crippen LogP contribution in [0.3, 0.4) is 0 Å². The molecule has 0 bridgehead atoms. The zero-order valence-electron chi connectivity index (χ0n) is 6.61. The molecule has 3 nitrogen and oxygen atoms in total. The molecule has 1 heterocycles. The number of rotatable bonds is 4. The summed E-state index contributed by atoms with van der Waals surface area (Å²) in [6.45, 7) is 4.44. The molecule has 0 aliphatic carbocycles. The van der Waals surface area contributed by atoms with E-state index in [4.69, 9.17) is 9.47 Å². The fraction of sp³-hybridized carbons (Fsp3) is 0.571. The van der Waals surface area contributed by atoms with Crippen LogP contribution in [0.25, 0.3) is 0 Å². The van der Waals surface area contributed by atoms with E-state index in [-0.39, 0.29) is 6.29 Å². The Balaban J connectivity index is 2.31. The fourth-order valence-electron chi connectivity index (χ4n) is 0.701. The van der Waals surface area contributed by atoms with Crippen LogP contribution < -0.4 is 4.74 Å². The second kappa shape index (κ2) is 4.31. The van der Waals surface area contributed by atoms with Gasteiger partial charge >= 0.3 is 0 Å². The molecule has 0 N–H and O–H groups in total. The van der Waals surface area contributed by atoms with Crippen LogP contribution in [0.2, 0.25) is 0 Å². The number of aromatic nitrogens is 1. The first kappa shape index (κ1) is 8.49. The van der Waals surface area contributed by atoms with E-state index in [1.807, 2.05) is 25.3 Å². The summed E-state index contributed by atoms with van der Waals surface area (Å²) in [5.41, 5.74) is 0. The summed E-state index contributed by atoms with van der Waals surface area (Å²) in [4.78, 5) is 0. The van der Waals surface area contributed by atoms with Crippen LogP contribution in [0, 0.1) is 0 Å². The largest absolute Gasteiger partial charge is 0.447 e. The molecular weight excluding hydrogens is 162 g/mol. The standard InChI is InChI=1S/C7H11NO2S/c1-3-9-6(2)10-7-4-5-11-8-7/h4-6H,3H2,1-2H3/t6-/m1/s1. The molecule has 0 aliphatic heterocycles. The van der Waals surface area contributed by atoms with Crippen LogP contribution in [0.1, 0.15) is 13.8 Å². The van der Waals surface area contributed by atoms with Gasteiger partial charge < -0.3 is 9.47 Å². The van der Waals surface area contributed by atoms with Crippen molar-refractivity contribution < 1.29 is 9.47 Å². The molecule has 62 valence electrons. The molecule has 1 aromatic rings. The summed E-state index contributed by atoms with van der Waals surface area (Å²) in [5.74, 6) is 0.635. The van der Waals surface area contributed by atoms with Gasteiger partial charge in [0.05, 0.1) is 0 Å². The van der Waals surface area contributed by atoms with Gasteiger partial charge in [0.1, 0.15) is 0 Å². The summed E-state index contributed by atoms with van der Waals surface area (Å²) < 4.78 is 14.4. The molecule has 1 aromatic heterocycles. The van der Waals surface area contributed by atoms with Crippen LogP contribution in [-0.2, 0) is 4.74 Å². The van der Waals surface area contributed by atoms with Gasteiger partial charge in [-0.05, 0) is 25.4 Å². The molecule has 0 saturated carbocycles. The van der Waals surface area contributed by atoms with E-state index >= 15 is 0 Å². The maximum Gasteiger partial charge on any atom is 0.227 e. The van der Waals surface area contributed by atoms with Gasteiger partial charge in [0.15, 0.2) is 6.29 Å².